The molecule has 0 fully saturated rings. The van der Waals surface area contributed by atoms with Gasteiger partial charge in [0.2, 0.25) is 0 Å². The molecule has 0 aliphatic heterocycles. The Labute approximate surface area is 181 Å². The highest BCUT2D eigenvalue weighted by Gasteiger charge is 2.64. The van der Waals surface area contributed by atoms with Crippen molar-refractivity contribution in [1.82, 2.24) is 5.32 Å². The van der Waals surface area contributed by atoms with Crippen molar-refractivity contribution in [1.29, 1.82) is 0 Å². The van der Waals surface area contributed by atoms with Gasteiger partial charge in [-0.2, -0.15) is 13.2 Å². The minimum absolute atomic E-state index is 0.0744. The Hall–Kier alpha value is -3.13. The first-order valence-corrected chi connectivity index (χ1v) is 9.96. The molecule has 2 atom stereocenters. The fraction of sp³-hybridized carbons (Fsp3) is 0.292. The van der Waals surface area contributed by atoms with Crippen LogP contribution < -0.4 is 5.32 Å². The number of phenolic OH excluding ortho intramolecular Hbond substituents is 1. The third kappa shape index (κ3) is 3.30. The van der Waals surface area contributed by atoms with Crippen LogP contribution in [0.15, 0.2) is 54.6 Å². The maximum Gasteiger partial charge on any atom is 0.419 e. The standard InChI is InChI=1S/C24H21F4NO3/c1-22(2)12-23(32,24(26,27)28)20(16-10-11-17(25)19(30)18(16)22)29-21(31)15-9-5-7-13-6-3-4-8-14(13)15/h3-11,20,30,32H,12H2,1-2H3,(H,29,31). The molecule has 1 aliphatic rings. The first-order chi connectivity index (χ1) is 14.9. The lowest BCUT2D eigenvalue weighted by Crippen LogP contribution is -2.60. The number of carbonyl (C=O) groups is 1. The van der Waals surface area contributed by atoms with E-state index in [1.807, 2.05) is 0 Å². The van der Waals surface area contributed by atoms with Gasteiger partial charge in [-0.25, -0.2) is 4.39 Å². The minimum atomic E-state index is -5.11. The molecule has 0 heterocycles. The van der Waals surface area contributed by atoms with E-state index in [0.29, 0.717) is 5.39 Å². The summed E-state index contributed by atoms with van der Waals surface area (Å²) in [6.07, 6.45) is -5.99. The molecule has 3 aromatic carbocycles. The Kier molecular flexibility index (Phi) is 4.97. The molecular formula is C24H21F4NO3. The first-order valence-electron chi connectivity index (χ1n) is 9.96. The molecule has 0 saturated heterocycles. The average Bonchev–Trinajstić information content (AvgIpc) is 2.71. The number of alkyl halides is 3. The van der Waals surface area contributed by atoms with E-state index in [2.05, 4.69) is 5.32 Å². The number of carbonyl (C=O) groups excluding carboxylic acids is 1. The van der Waals surface area contributed by atoms with Crippen LogP contribution in [0, 0.1) is 5.82 Å². The van der Waals surface area contributed by atoms with Gasteiger partial charge in [0, 0.05) is 11.1 Å². The van der Waals surface area contributed by atoms with Gasteiger partial charge in [0.15, 0.2) is 17.2 Å². The van der Waals surface area contributed by atoms with Crippen molar-refractivity contribution in [3.63, 3.8) is 0 Å². The van der Waals surface area contributed by atoms with Crippen molar-refractivity contribution < 1.29 is 32.6 Å². The topological polar surface area (TPSA) is 69.6 Å². The zero-order valence-electron chi connectivity index (χ0n) is 17.3. The fourth-order valence-corrected chi connectivity index (χ4v) is 4.75. The van der Waals surface area contributed by atoms with Crippen molar-refractivity contribution in [2.45, 2.75) is 43.5 Å². The van der Waals surface area contributed by atoms with E-state index >= 15 is 0 Å². The number of fused-ring (bicyclic) bond motifs is 2. The van der Waals surface area contributed by atoms with Gasteiger partial charge in [-0.1, -0.05) is 56.3 Å². The highest BCUT2D eigenvalue weighted by Crippen LogP contribution is 2.55. The predicted octanol–water partition coefficient (Wildman–Crippen LogP) is 5.13. The van der Waals surface area contributed by atoms with E-state index in [9.17, 15) is 32.6 Å². The Bertz CT molecular complexity index is 1220. The molecule has 0 bridgehead atoms. The SMILES string of the molecule is CC1(C)CC(O)(C(F)(F)F)C(NC(=O)c2cccc3ccccc23)c2ccc(F)c(O)c21. The number of aliphatic hydroxyl groups is 1. The predicted molar refractivity (Wildman–Crippen MR) is 111 cm³/mol. The zero-order chi connectivity index (χ0) is 23.5. The maximum absolute atomic E-state index is 14.2. The smallest absolute Gasteiger partial charge is 0.419 e. The monoisotopic (exact) mass is 447 g/mol. The molecule has 0 radical (unpaired) electrons. The van der Waals surface area contributed by atoms with Crippen LogP contribution in [0.2, 0.25) is 0 Å². The zero-order valence-corrected chi connectivity index (χ0v) is 17.3. The molecule has 0 spiro atoms. The summed E-state index contributed by atoms with van der Waals surface area (Å²) in [4.78, 5) is 13.1. The molecule has 8 heteroatoms. The van der Waals surface area contributed by atoms with E-state index in [1.165, 1.54) is 19.9 Å². The van der Waals surface area contributed by atoms with Crippen molar-refractivity contribution in [2.24, 2.45) is 0 Å². The highest BCUT2D eigenvalue weighted by atomic mass is 19.4. The van der Waals surface area contributed by atoms with E-state index < -0.39 is 47.1 Å². The summed E-state index contributed by atoms with van der Waals surface area (Å²) in [7, 11) is 0. The highest BCUT2D eigenvalue weighted by molar-refractivity contribution is 6.07. The summed E-state index contributed by atoms with van der Waals surface area (Å²) in [5, 5.41) is 24.8. The quantitative estimate of drug-likeness (QED) is 0.477. The molecule has 3 N–H and O–H groups in total. The van der Waals surface area contributed by atoms with Crippen LogP contribution in [-0.2, 0) is 5.41 Å². The second kappa shape index (κ2) is 7.20. The van der Waals surface area contributed by atoms with E-state index in [4.69, 9.17) is 0 Å². The van der Waals surface area contributed by atoms with Gasteiger partial charge in [-0.05, 0) is 40.3 Å². The summed E-state index contributed by atoms with van der Waals surface area (Å²) in [6.45, 7) is 2.76. The molecule has 4 nitrogen and oxygen atoms in total. The van der Waals surface area contributed by atoms with Crippen molar-refractivity contribution in [2.75, 3.05) is 0 Å². The van der Waals surface area contributed by atoms with Gasteiger partial charge >= 0.3 is 6.18 Å². The van der Waals surface area contributed by atoms with Gasteiger partial charge in [0.25, 0.3) is 5.91 Å². The van der Waals surface area contributed by atoms with Crippen LogP contribution in [0.1, 0.15) is 47.8 Å². The maximum atomic E-state index is 14.2. The summed E-state index contributed by atoms with van der Waals surface area (Å²) in [5.74, 6) is -2.61. The number of rotatable bonds is 2. The summed E-state index contributed by atoms with van der Waals surface area (Å²) in [5.41, 5.74) is -4.89. The Morgan fingerprint density at radius 1 is 1.06 bits per heavy atom. The van der Waals surface area contributed by atoms with Gasteiger partial charge in [0.1, 0.15) is 0 Å². The number of phenols is 1. The van der Waals surface area contributed by atoms with E-state index in [0.717, 1.165) is 17.5 Å². The molecule has 1 amide bonds. The number of amides is 1. The van der Waals surface area contributed by atoms with Gasteiger partial charge in [-0.15, -0.1) is 0 Å². The number of hydrogen-bond donors (Lipinski definition) is 3. The minimum Gasteiger partial charge on any atom is -0.505 e. The van der Waals surface area contributed by atoms with Gasteiger partial charge < -0.3 is 15.5 Å². The molecule has 4 rings (SSSR count). The average molecular weight is 447 g/mol. The lowest BCUT2D eigenvalue weighted by Gasteiger charge is -2.48. The van der Waals surface area contributed by atoms with Crippen LogP contribution in [0.4, 0.5) is 17.6 Å². The Morgan fingerprint density at radius 2 is 1.72 bits per heavy atom. The number of nitrogens with one attached hydrogen (secondary N) is 1. The summed E-state index contributed by atoms with van der Waals surface area (Å²) < 4.78 is 56.6. The molecule has 2 unspecified atom stereocenters. The lowest BCUT2D eigenvalue weighted by atomic mass is 9.63. The van der Waals surface area contributed by atoms with Crippen LogP contribution in [0.25, 0.3) is 10.8 Å². The van der Waals surface area contributed by atoms with Crippen molar-refractivity contribution in [3.8, 4) is 5.75 Å². The summed E-state index contributed by atoms with van der Waals surface area (Å²) in [6, 6.07) is 11.7. The van der Waals surface area contributed by atoms with Gasteiger partial charge in [-0.3, -0.25) is 4.79 Å². The first kappa shape index (κ1) is 22.1. The molecular weight excluding hydrogens is 426 g/mol. The number of aromatic hydroxyl groups is 1. The normalized spacial score (nSPS) is 22.4. The Balaban J connectivity index is 1.88. The number of hydrogen-bond acceptors (Lipinski definition) is 3. The number of benzene rings is 3. The summed E-state index contributed by atoms with van der Waals surface area (Å²) >= 11 is 0. The molecule has 1 aliphatic carbocycles. The van der Waals surface area contributed by atoms with E-state index in [1.54, 1.807) is 36.4 Å². The molecule has 0 aromatic heterocycles. The second-order valence-electron chi connectivity index (χ2n) is 8.78. The second-order valence-corrected chi connectivity index (χ2v) is 8.78. The van der Waals surface area contributed by atoms with Crippen LogP contribution in [0.5, 0.6) is 5.75 Å². The van der Waals surface area contributed by atoms with Crippen LogP contribution >= 0.6 is 0 Å². The number of halogens is 4. The lowest BCUT2D eigenvalue weighted by molar-refractivity contribution is -0.280. The molecule has 0 saturated carbocycles. The molecule has 168 valence electrons. The third-order valence-electron chi connectivity index (χ3n) is 6.14. The largest absolute Gasteiger partial charge is 0.505 e. The van der Waals surface area contributed by atoms with Gasteiger partial charge in [0.05, 0.1) is 6.04 Å². The molecule has 32 heavy (non-hydrogen) atoms. The van der Waals surface area contributed by atoms with Crippen LogP contribution in [0.3, 0.4) is 0 Å². The third-order valence-corrected chi connectivity index (χ3v) is 6.14. The van der Waals surface area contributed by atoms with Crippen LogP contribution in [-0.4, -0.2) is 27.9 Å². The fourth-order valence-electron chi connectivity index (χ4n) is 4.75. The van der Waals surface area contributed by atoms with Crippen molar-refractivity contribution >= 4 is 16.7 Å². The Morgan fingerprint density at radius 3 is 2.41 bits per heavy atom. The van der Waals surface area contributed by atoms with E-state index in [-0.39, 0.29) is 16.7 Å². The molecule has 3 aromatic rings. The van der Waals surface area contributed by atoms with Crippen molar-refractivity contribution in [3.05, 3.63) is 77.1 Å².